The van der Waals surface area contributed by atoms with Gasteiger partial charge < -0.3 is 13.8 Å². The van der Waals surface area contributed by atoms with Gasteiger partial charge in [-0.1, -0.05) is 0 Å². The minimum atomic E-state index is -2.27. The van der Waals surface area contributed by atoms with Gasteiger partial charge in [0.2, 0.25) is 0 Å². The molecule has 21 heavy (non-hydrogen) atoms. The summed E-state index contributed by atoms with van der Waals surface area (Å²) >= 11 is -4.53. The van der Waals surface area contributed by atoms with Gasteiger partial charge in [0.1, 0.15) is 11.5 Å². The summed E-state index contributed by atoms with van der Waals surface area (Å²) in [6.45, 7) is 0. The topological polar surface area (TPSA) is 89.5 Å². The molecule has 0 aromatic heterocycles. The third kappa shape index (κ3) is 6.62. The Hall–Kier alpha value is 0.460. The van der Waals surface area contributed by atoms with E-state index in [9.17, 15) is 17.5 Å². The molecule has 2 atom stereocenters. The van der Waals surface area contributed by atoms with Gasteiger partial charge in [-0.05, 0) is 70.7 Å². The molecule has 0 saturated heterocycles. The van der Waals surface area contributed by atoms with Crippen LogP contribution >= 0.6 is 0 Å². The summed E-state index contributed by atoms with van der Waals surface area (Å²) in [4.78, 5) is 0.342. The average molecular weight is 342 g/mol. The molecule has 0 amide bonds. The SMILES string of the molecule is O=S([O-])c1ccc(Oc2ccc(S(=O)[O-])cc2)cc1.[Na+].[Na+]. The van der Waals surface area contributed by atoms with Crippen LogP contribution in [0.3, 0.4) is 0 Å². The van der Waals surface area contributed by atoms with Crippen LogP contribution in [0.1, 0.15) is 0 Å². The van der Waals surface area contributed by atoms with Gasteiger partial charge >= 0.3 is 59.1 Å². The van der Waals surface area contributed by atoms with Crippen LogP contribution in [-0.4, -0.2) is 17.5 Å². The molecule has 0 N–H and O–H groups in total. The van der Waals surface area contributed by atoms with Gasteiger partial charge in [-0.3, -0.25) is 8.42 Å². The van der Waals surface area contributed by atoms with E-state index in [1.807, 2.05) is 0 Å². The second kappa shape index (κ2) is 10.3. The molecule has 100 valence electrons. The van der Waals surface area contributed by atoms with Crippen molar-refractivity contribution in [1.29, 1.82) is 0 Å². The Morgan fingerprint density at radius 1 is 0.667 bits per heavy atom. The summed E-state index contributed by atoms with van der Waals surface area (Å²) < 4.78 is 48.1. The molecule has 0 aliphatic rings. The Labute approximate surface area is 171 Å². The first-order chi connectivity index (χ1) is 9.06. The van der Waals surface area contributed by atoms with Crippen LogP contribution in [0.15, 0.2) is 58.3 Å². The number of hydrogen-bond donors (Lipinski definition) is 0. The Balaban J connectivity index is 0.00000200. The molecule has 0 heterocycles. The maximum Gasteiger partial charge on any atom is 1.00 e. The molecule has 2 aromatic carbocycles. The van der Waals surface area contributed by atoms with E-state index in [4.69, 9.17) is 4.74 Å². The van der Waals surface area contributed by atoms with Crippen LogP contribution in [0.2, 0.25) is 0 Å². The van der Waals surface area contributed by atoms with E-state index in [0.717, 1.165) is 0 Å². The largest absolute Gasteiger partial charge is 1.00 e. The first-order valence-corrected chi connectivity index (χ1v) is 7.28. The number of rotatable bonds is 4. The van der Waals surface area contributed by atoms with Gasteiger partial charge in [0.25, 0.3) is 0 Å². The van der Waals surface area contributed by atoms with Crippen LogP contribution in [0.25, 0.3) is 0 Å². The molecule has 0 spiro atoms. The van der Waals surface area contributed by atoms with Crippen molar-refractivity contribution in [2.75, 3.05) is 0 Å². The van der Waals surface area contributed by atoms with Crippen molar-refractivity contribution in [3.63, 3.8) is 0 Å². The maximum absolute atomic E-state index is 10.7. The average Bonchev–Trinajstić information content (AvgIpc) is 2.40. The fourth-order valence-electron chi connectivity index (χ4n) is 1.37. The summed E-state index contributed by atoms with van der Waals surface area (Å²) in [5, 5.41) is 0. The molecule has 2 rings (SSSR count). The van der Waals surface area contributed by atoms with Crippen LogP contribution in [0, 0.1) is 0 Å². The Morgan fingerprint density at radius 3 is 1.19 bits per heavy atom. The Kier molecular flexibility index (Phi) is 10.5. The zero-order chi connectivity index (χ0) is 13.8. The minimum absolute atomic E-state index is 0. The van der Waals surface area contributed by atoms with Gasteiger partial charge in [0.05, 0.1) is 0 Å². The smallest absolute Gasteiger partial charge is 0.768 e. The molecule has 0 aliphatic heterocycles. The monoisotopic (exact) mass is 342 g/mol. The van der Waals surface area contributed by atoms with E-state index in [0.29, 0.717) is 11.5 Å². The van der Waals surface area contributed by atoms with Crippen LogP contribution in [-0.2, 0) is 22.2 Å². The van der Waals surface area contributed by atoms with E-state index in [1.165, 1.54) is 48.5 Å². The molecule has 9 heteroatoms. The number of ether oxygens (including phenoxy) is 1. The van der Waals surface area contributed by atoms with Crippen molar-refractivity contribution in [2.45, 2.75) is 9.79 Å². The zero-order valence-electron chi connectivity index (χ0n) is 11.5. The van der Waals surface area contributed by atoms with Gasteiger partial charge in [-0.2, -0.15) is 0 Å². The van der Waals surface area contributed by atoms with E-state index < -0.39 is 22.2 Å². The second-order valence-corrected chi connectivity index (χ2v) is 5.40. The van der Waals surface area contributed by atoms with Gasteiger partial charge in [-0.15, -0.1) is 0 Å². The molecular formula is C12H8Na2O5S2. The molecule has 0 saturated carbocycles. The van der Waals surface area contributed by atoms with Crippen LogP contribution in [0.4, 0.5) is 0 Å². The van der Waals surface area contributed by atoms with Crippen molar-refractivity contribution < 1.29 is 81.4 Å². The maximum atomic E-state index is 10.7. The fourth-order valence-corrected chi connectivity index (χ4v) is 2.09. The molecule has 5 nitrogen and oxygen atoms in total. The molecule has 0 radical (unpaired) electrons. The molecule has 0 bridgehead atoms. The van der Waals surface area contributed by atoms with Crippen molar-refractivity contribution in [3.05, 3.63) is 48.5 Å². The first-order valence-electron chi connectivity index (χ1n) is 5.13. The molecule has 0 aliphatic carbocycles. The molecular weight excluding hydrogens is 334 g/mol. The zero-order valence-corrected chi connectivity index (χ0v) is 17.1. The van der Waals surface area contributed by atoms with Gasteiger partial charge in [-0.25, -0.2) is 0 Å². The van der Waals surface area contributed by atoms with E-state index in [-0.39, 0.29) is 68.9 Å². The predicted molar refractivity (Wildman–Crippen MR) is 67.3 cm³/mol. The third-order valence-electron chi connectivity index (χ3n) is 2.27. The first kappa shape index (κ1) is 21.5. The summed E-state index contributed by atoms with van der Waals surface area (Å²) in [6, 6.07) is 11.7. The van der Waals surface area contributed by atoms with Crippen LogP contribution < -0.4 is 63.9 Å². The summed E-state index contributed by atoms with van der Waals surface area (Å²) in [6.07, 6.45) is 0. The van der Waals surface area contributed by atoms with Crippen LogP contribution in [0.5, 0.6) is 11.5 Å². The Bertz CT molecular complexity index is 561. The fraction of sp³-hybridized carbons (Fsp3) is 0. The Morgan fingerprint density at radius 2 is 0.952 bits per heavy atom. The van der Waals surface area contributed by atoms with Crippen molar-refractivity contribution >= 4 is 22.2 Å². The van der Waals surface area contributed by atoms with E-state index >= 15 is 0 Å². The summed E-state index contributed by atoms with van der Waals surface area (Å²) in [7, 11) is 0. The summed E-state index contributed by atoms with van der Waals surface area (Å²) in [5.74, 6) is 0.926. The normalized spacial score (nSPS) is 12.5. The van der Waals surface area contributed by atoms with E-state index in [2.05, 4.69) is 0 Å². The van der Waals surface area contributed by atoms with Gasteiger partial charge in [0.15, 0.2) is 0 Å². The third-order valence-corrected chi connectivity index (χ3v) is 3.58. The van der Waals surface area contributed by atoms with Crippen molar-refractivity contribution in [3.8, 4) is 11.5 Å². The summed E-state index contributed by atoms with van der Waals surface area (Å²) in [5.41, 5.74) is 0. The van der Waals surface area contributed by atoms with Crippen molar-refractivity contribution in [1.82, 2.24) is 0 Å². The number of hydrogen-bond acceptors (Lipinski definition) is 5. The molecule has 2 unspecified atom stereocenters. The quantitative estimate of drug-likeness (QED) is 0.417. The molecule has 2 aromatic rings. The predicted octanol–water partition coefficient (Wildman–Crippen LogP) is -4.04. The number of benzene rings is 2. The standard InChI is InChI=1S/C12H10O5S2.2Na/c13-18(14)11-5-1-9(2-6-11)17-10-3-7-12(8-4-10)19(15)16;;/h1-8H,(H,13,14)(H,15,16);;/q;2*+1/p-2. The molecule has 0 fully saturated rings. The van der Waals surface area contributed by atoms with Crippen molar-refractivity contribution in [2.24, 2.45) is 0 Å². The van der Waals surface area contributed by atoms with Gasteiger partial charge in [0, 0.05) is 9.79 Å². The second-order valence-electron chi connectivity index (χ2n) is 3.51. The van der Waals surface area contributed by atoms with E-state index in [1.54, 1.807) is 0 Å². The minimum Gasteiger partial charge on any atom is -0.768 e.